The van der Waals surface area contributed by atoms with Crippen LogP contribution in [0.25, 0.3) is 0 Å². The molecule has 0 amide bonds. The third kappa shape index (κ3) is 6.44. The first-order chi connectivity index (χ1) is 13.1. The summed E-state index contributed by atoms with van der Waals surface area (Å²) in [4.78, 5) is 8.97. The lowest BCUT2D eigenvalue weighted by atomic mass is 9.94. The summed E-state index contributed by atoms with van der Waals surface area (Å²) in [5, 5.41) is 1.35. The van der Waals surface area contributed by atoms with E-state index in [4.69, 9.17) is 16.3 Å². The second-order valence-electron chi connectivity index (χ2n) is 7.56. The second kappa shape index (κ2) is 10.1. The van der Waals surface area contributed by atoms with Gasteiger partial charge in [0.2, 0.25) is 5.88 Å². The van der Waals surface area contributed by atoms with Crippen molar-refractivity contribution in [1.29, 1.82) is 0 Å². The number of ether oxygens (including phenoxy) is 1. The summed E-state index contributed by atoms with van der Waals surface area (Å²) in [6.45, 7) is 7.98. The van der Waals surface area contributed by atoms with E-state index in [9.17, 15) is 4.21 Å². The highest BCUT2D eigenvalue weighted by Crippen LogP contribution is 2.31. The van der Waals surface area contributed by atoms with Gasteiger partial charge >= 0.3 is 0 Å². The van der Waals surface area contributed by atoms with Gasteiger partial charge in [-0.2, -0.15) is 4.98 Å². The van der Waals surface area contributed by atoms with Crippen molar-refractivity contribution in [3.8, 4) is 5.88 Å². The zero-order valence-electron chi connectivity index (χ0n) is 17.2. The van der Waals surface area contributed by atoms with Gasteiger partial charge in [-0.3, -0.25) is 0 Å². The normalized spacial score (nSPS) is 15.1. The van der Waals surface area contributed by atoms with E-state index in [-0.39, 0.29) is 16.7 Å². The van der Waals surface area contributed by atoms with Crippen molar-refractivity contribution in [3.05, 3.63) is 46.6 Å². The zero-order valence-corrected chi connectivity index (χ0v) is 19.5. The van der Waals surface area contributed by atoms with Crippen molar-refractivity contribution in [2.45, 2.75) is 56.0 Å². The SMILES string of the molecule is COc1cc([C@@H](C)C[C@H](N[S@@](=O)C(C)(C)C)c2ccc(Cl)cc2)nc(SC)n1. The maximum atomic E-state index is 12.8. The molecule has 2 rings (SSSR count). The maximum absolute atomic E-state index is 12.8. The lowest BCUT2D eigenvalue weighted by Crippen LogP contribution is -2.36. The molecule has 154 valence electrons. The Morgan fingerprint density at radius 2 is 1.89 bits per heavy atom. The molecule has 8 heteroatoms. The summed E-state index contributed by atoms with van der Waals surface area (Å²) in [7, 11) is 0.400. The smallest absolute Gasteiger partial charge is 0.217 e. The molecule has 0 aliphatic rings. The minimum absolute atomic E-state index is 0.105. The van der Waals surface area contributed by atoms with Crippen LogP contribution in [-0.4, -0.2) is 32.3 Å². The minimum atomic E-state index is -1.20. The topological polar surface area (TPSA) is 64.1 Å². The number of aromatic nitrogens is 2. The van der Waals surface area contributed by atoms with E-state index in [0.29, 0.717) is 16.1 Å². The summed E-state index contributed by atoms with van der Waals surface area (Å²) < 4.78 is 21.0. The first-order valence-corrected chi connectivity index (χ1v) is 11.8. The fraction of sp³-hybridized carbons (Fsp3) is 0.500. The molecule has 1 N–H and O–H groups in total. The molecule has 0 spiro atoms. The van der Waals surface area contributed by atoms with Crippen LogP contribution < -0.4 is 9.46 Å². The number of methoxy groups -OCH3 is 1. The Morgan fingerprint density at radius 1 is 1.25 bits per heavy atom. The van der Waals surface area contributed by atoms with Crippen molar-refractivity contribution < 1.29 is 8.95 Å². The number of rotatable bonds is 8. The zero-order chi connectivity index (χ0) is 20.9. The van der Waals surface area contributed by atoms with Gasteiger partial charge in [-0.15, -0.1) is 0 Å². The van der Waals surface area contributed by atoms with Crippen molar-refractivity contribution in [2.75, 3.05) is 13.4 Å². The highest BCUT2D eigenvalue weighted by Gasteiger charge is 2.26. The van der Waals surface area contributed by atoms with Crippen LogP contribution in [0.15, 0.2) is 35.5 Å². The number of halogens is 1. The maximum Gasteiger partial charge on any atom is 0.217 e. The molecule has 0 aliphatic heterocycles. The van der Waals surface area contributed by atoms with Gasteiger partial charge in [-0.25, -0.2) is 13.9 Å². The van der Waals surface area contributed by atoms with Gasteiger partial charge in [0.15, 0.2) is 5.16 Å². The minimum Gasteiger partial charge on any atom is -0.481 e. The summed E-state index contributed by atoms with van der Waals surface area (Å²) in [5.74, 6) is 0.656. The molecule has 0 unspecified atom stereocenters. The van der Waals surface area contributed by atoms with Crippen molar-refractivity contribution in [3.63, 3.8) is 0 Å². The predicted molar refractivity (Wildman–Crippen MR) is 119 cm³/mol. The lowest BCUT2D eigenvalue weighted by molar-refractivity contribution is 0.389. The Kier molecular flexibility index (Phi) is 8.30. The molecular formula is C20H28ClN3O2S2. The van der Waals surface area contributed by atoms with Crippen LogP contribution in [0.2, 0.25) is 5.02 Å². The van der Waals surface area contributed by atoms with Gasteiger partial charge in [0.25, 0.3) is 0 Å². The number of thioether (sulfide) groups is 1. The van der Waals surface area contributed by atoms with Gasteiger partial charge in [-0.05, 0) is 51.1 Å². The van der Waals surface area contributed by atoms with E-state index >= 15 is 0 Å². The first-order valence-electron chi connectivity index (χ1n) is 9.04. The van der Waals surface area contributed by atoms with Crippen LogP contribution in [0.4, 0.5) is 0 Å². The van der Waals surface area contributed by atoms with Crippen LogP contribution in [0.3, 0.4) is 0 Å². The molecule has 1 aromatic carbocycles. The number of hydrogen-bond donors (Lipinski definition) is 1. The molecule has 3 atom stereocenters. The Bertz CT molecular complexity index is 788. The number of nitrogens with zero attached hydrogens (tertiary/aromatic N) is 2. The Labute approximate surface area is 179 Å². The number of benzene rings is 1. The first kappa shape index (κ1) is 23.1. The average molecular weight is 442 g/mol. The van der Waals surface area contributed by atoms with Crippen LogP contribution >= 0.6 is 23.4 Å². The van der Waals surface area contributed by atoms with Gasteiger partial charge in [0.05, 0.1) is 28.5 Å². The van der Waals surface area contributed by atoms with Crippen LogP contribution in [0.5, 0.6) is 5.88 Å². The molecule has 0 radical (unpaired) electrons. The van der Waals surface area contributed by atoms with Gasteiger partial charge in [0.1, 0.15) is 0 Å². The van der Waals surface area contributed by atoms with E-state index < -0.39 is 11.0 Å². The molecule has 0 bridgehead atoms. The molecule has 1 aromatic heterocycles. The number of nitrogens with one attached hydrogen (secondary N) is 1. The van der Waals surface area contributed by atoms with Crippen LogP contribution in [-0.2, 0) is 11.0 Å². The highest BCUT2D eigenvalue weighted by molar-refractivity contribution is 7.98. The standard InChI is InChI=1S/C20H28ClN3O2S2/c1-13(16-12-18(26-5)23-19(22-16)27-6)11-17(24-28(25)20(2,3)4)14-7-9-15(21)10-8-14/h7-10,12-13,17,24H,11H2,1-6H3/t13-,17-,28-/m0/s1. The highest BCUT2D eigenvalue weighted by atomic mass is 35.5. The molecule has 0 aliphatic carbocycles. The molecule has 0 fully saturated rings. The molecular weight excluding hydrogens is 414 g/mol. The van der Waals surface area contributed by atoms with Gasteiger partial charge < -0.3 is 4.74 Å². The molecule has 0 saturated heterocycles. The summed E-state index contributed by atoms with van der Waals surface area (Å²) in [5.41, 5.74) is 1.94. The summed E-state index contributed by atoms with van der Waals surface area (Å²) in [6.07, 6.45) is 2.66. The van der Waals surface area contributed by atoms with E-state index in [1.165, 1.54) is 11.8 Å². The number of hydrogen-bond acceptors (Lipinski definition) is 5. The quantitative estimate of drug-likeness (QED) is 0.453. The predicted octanol–water partition coefficient (Wildman–Crippen LogP) is 5.15. The fourth-order valence-electron chi connectivity index (χ4n) is 2.60. The van der Waals surface area contributed by atoms with Crippen molar-refractivity contribution in [2.24, 2.45) is 0 Å². The Balaban J connectivity index is 2.30. The molecule has 1 heterocycles. The Hall–Kier alpha value is -1.15. The van der Waals surface area contributed by atoms with Crippen molar-refractivity contribution >= 4 is 34.3 Å². The van der Waals surface area contributed by atoms with E-state index in [1.807, 2.05) is 57.4 Å². The molecule has 5 nitrogen and oxygen atoms in total. The summed E-state index contributed by atoms with van der Waals surface area (Å²) >= 11 is 7.53. The fourth-order valence-corrected chi connectivity index (χ4v) is 3.94. The van der Waals surface area contributed by atoms with Gasteiger partial charge in [-0.1, -0.05) is 42.4 Å². The van der Waals surface area contributed by atoms with Crippen molar-refractivity contribution in [1.82, 2.24) is 14.7 Å². The van der Waals surface area contributed by atoms with E-state index in [0.717, 1.165) is 17.7 Å². The molecule has 0 saturated carbocycles. The molecule has 2 aromatic rings. The van der Waals surface area contributed by atoms with E-state index in [2.05, 4.69) is 21.6 Å². The third-order valence-electron chi connectivity index (χ3n) is 4.27. The van der Waals surface area contributed by atoms with Crippen LogP contribution in [0, 0.1) is 0 Å². The summed E-state index contributed by atoms with van der Waals surface area (Å²) in [6, 6.07) is 9.42. The third-order valence-corrected chi connectivity index (χ3v) is 6.68. The lowest BCUT2D eigenvalue weighted by Gasteiger charge is -2.26. The van der Waals surface area contributed by atoms with Gasteiger partial charge in [0, 0.05) is 23.0 Å². The largest absolute Gasteiger partial charge is 0.481 e. The molecule has 28 heavy (non-hydrogen) atoms. The van der Waals surface area contributed by atoms with Crippen LogP contribution in [0.1, 0.15) is 57.3 Å². The Morgan fingerprint density at radius 3 is 2.43 bits per heavy atom. The monoisotopic (exact) mass is 441 g/mol. The average Bonchev–Trinajstić information content (AvgIpc) is 2.66. The van der Waals surface area contributed by atoms with E-state index in [1.54, 1.807) is 7.11 Å². The second-order valence-corrected chi connectivity index (χ2v) is 10.8.